The molecule has 2 aromatic rings. The maximum atomic E-state index is 6.12. The van der Waals surface area contributed by atoms with E-state index in [0.29, 0.717) is 10.9 Å². The molecule has 0 aliphatic rings. The molecule has 6 heteroatoms. The van der Waals surface area contributed by atoms with Gasteiger partial charge < -0.3 is 5.32 Å². The van der Waals surface area contributed by atoms with Gasteiger partial charge >= 0.3 is 0 Å². The standard InChI is InChI=1S/C12H13Cl2N3S/c1-7(10-5-11(13)18-12(10)14)16-6-9-3-4-15-8(2)17-9/h3-5,7,16H,6H2,1-2H3. The minimum atomic E-state index is 0.136. The third-order valence-electron chi connectivity index (χ3n) is 2.57. The Morgan fingerprint density at radius 2 is 2.22 bits per heavy atom. The van der Waals surface area contributed by atoms with E-state index >= 15 is 0 Å². The summed E-state index contributed by atoms with van der Waals surface area (Å²) in [5, 5.41) is 3.37. The lowest BCUT2D eigenvalue weighted by molar-refractivity contribution is 0.567. The first kappa shape index (κ1) is 13.7. The van der Waals surface area contributed by atoms with Crippen molar-refractivity contribution in [1.82, 2.24) is 15.3 Å². The van der Waals surface area contributed by atoms with Crippen molar-refractivity contribution < 1.29 is 0 Å². The van der Waals surface area contributed by atoms with Crippen LogP contribution in [0, 0.1) is 6.92 Å². The highest BCUT2D eigenvalue weighted by molar-refractivity contribution is 7.20. The van der Waals surface area contributed by atoms with Crippen molar-refractivity contribution in [3.63, 3.8) is 0 Å². The maximum absolute atomic E-state index is 6.12. The molecule has 3 nitrogen and oxygen atoms in total. The summed E-state index contributed by atoms with van der Waals surface area (Å²) in [5.41, 5.74) is 1.99. The molecule has 96 valence electrons. The summed E-state index contributed by atoms with van der Waals surface area (Å²) in [4.78, 5) is 8.40. The van der Waals surface area contributed by atoms with E-state index in [-0.39, 0.29) is 6.04 Å². The summed E-state index contributed by atoms with van der Waals surface area (Å²) in [6, 6.07) is 3.93. The molecule has 1 N–H and O–H groups in total. The van der Waals surface area contributed by atoms with Gasteiger partial charge in [-0.1, -0.05) is 23.2 Å². The predicted molar refractivity (Wildman–Crippen MR) is 76.4 cm³/mol. The van der Waals surface area contributed by atoms with E-state index in [1.165, 1.54) is 11.3 Å². The molecule has 18 heavy (non-hydrogen) atoms. The van der Waals surface area contributed by atoms with Gasteiger partial charge in [0, 0.05) is 18.8 Å². The van der Waals surface area contributed by atoms with Gasteiger partial charge in [-0.05, 0) is 31.5 Å². The average molecular weight is 302 g/mol. The zero-order valence-corrected chi connectivity index (χ0v) is 12.4. The SMILES string of the molecule is Cc1nccc(CNC(C)c2cc(Cl)sc2Cl)n1. The Morgan fingerprint density at radius 3 is 2.83 bits per heavy atom. The molecule has 0 spiro atoms. The number of hydrogen-bond acceptors (Lipinski definition) is 4. The van der Waals surface area contributed by atoms with Crippen LogP contribution in [0.2, 0.25) is 8.67 Å². The van der Waals surface area contributed by atoms with Gasteiger partial charge in [0.1, 0.15) is 5.82 Å². The van der Waals surface area contributed by atoms with Crippen LogP contribution in [0.5, 0.6) is 0 Å². The largest absolute Gasteiger partial charge is 0.304 e. The van der Waals surface area contributed by atoms with Crippen LogP contribution in [-0.4, -0.2) is 9.97 Å². The van der Waals surface area contributed by atoms with Gasteiger partial charge in [0.05, 0.1) is 14.4 Å². The number of halogens is 2. The van der Waals surface area contributed by atoms with Crippen molar-refractivity contribution in [2.24, 2.45) is 0 Å². The van der Waals surface area contributed by atoms with Crippen LogP contribution in [0.25, 0.3) is 0 Å². The molecule has 0 aromatic carbocycles. The van der Waals surface area contributed by atoms with E-state index < -0.39 is 0 Å². The molecular formula is C12H13Cl2N3S. The van der Waals surface area contributed by atoms with E-state index in [9.17, 15) is 0 Å². The fraction of sp³-hybridized carbons (Fsp3) is 0.333. The second-order valence-electron chi connectivity index (χ2n) is 3.98. The summed E-state index contributed by atoms with van der Waals surface area (Å²) >= 11 is 13.4. The molecule has 0 aliphatic heterocycles. The fourth-order valence-corrected chi connectivity index (χ4v) is 3.27. The number of hydrogen-bond donors (Lipinski definition) is 1. The number of aryl methyl sites for hydroxylation is 1. The van der Waals surface area contributed by atoms with Gasteiger partial charge in [0.2, 0.25) is 0 Å². The van der Waals surface area contributed by atoms with Gasteiger partial charge in [0.15, 0.2) is 0 Å². The molecular weight excluding hydrogens is 289 g/mol. The lowest BCUT2D eigenvalue weighted by Crippen LogP contribution is -2.18. The molecule has 2 rings (SSSR count). The number of rotatable bonds is 4. The number of aromatic nitrogens is 2. The molecule has 0 saturated heterocycles. The number of nitrogens with zero attached hydrogens (tertiary/aromatic N) is 2. The Morgan fingerprint density at radius 1 is 1.44 bits per heavy atom. The molecule has 0 bridgehead atoms. The summed E-state index contributed by atoms with van der Waals surface area (Å²) in [7, 11) is 0. The number of nitrogens with one attached hydrogen (secondary N) is 1. The summed E-state index contributed by atoms with van der Waals surface area (Å²) < 4.78 is 1.44. The van der Waals surface area contributed by atoms with Crippen LogP contribution in [0.4, 0.5) is 0 Å². The highest BCUT2D eigenvalue weighted by Gasteiger charge is 2.13. The van der Waals surface area contributed by atoms with Crippen molar-refractivity contribution in [2.45, 2.75) is 26.4 Å². The Hall–Kier alpha value is -0.680. The van der Waals surface area contributed by atoms with Crippen molar-refractivity contribution in [1.29, 1.82) is 0 Å². The van der Waals surface area contributed by atoms with Gasteiger partial charge in [0.25, 0.3) is 0 Å². The Labute approximate surface area is 120 Å². The molecule has 0 amide bonds. The van der Waals surface area contributed by atoms with E-state index in [4.69, 9.17) is 23.2 Å². The second-order valence-corrected chi connectivity index (χ2v) is 6.26. The topological polar surface area (TPSA) is 37.8 Å². The highest BCUT2D eigenvalue weighted by Crippen LogP contribution is 2.34. The van der Waals surface area contributed by atoms with E-state index in [1.54, 1.807) is 6.20 Å². The van der Waals surface area contributed by atoms with E-state index in [1.807, 2.05) is 19.1 Å². The highest BCUT2D eigenvalue weighted by atomic mass is 35.5. The van der Waals surface area contributed by atoms with Crippen LogP contribution in [0.15, 0.2) is 18.3 Å². The Balaban J connectivity index is 2.00. The van der Waals surface area contributed by atoms with Crippen LogP contribution >= 0.6 is 34.5 Å². The maximum Gasteiger partial charge on any atom is 0.125 e. The minimum Gasteiger partial charge on any atom is -0.304 e. The van der Waals surface area contributed by atoms with Crippen molar-refractivity contribution in [3.8, 4) is 0 Å². The second kappa shape index (κ2) is 5.97. The predicted octanol–water partition coefficient (Wildman–Crippen LogP) is 4.00. The van der Waals surface area contributed by atoms with Crippen LogP contribution in [0.1, 0.15) is 30.0 Å². The smallest absolute Gasteiger partial charge is 0.125 e. The first-order valence-electron chi connectivity index (χ1n) is 5.53. The van der Waals surface area contributed by atoms with E-state index in [0.717, 1.165) is 21.4 Å². The molecule has 2 heterocycles. The molecule has 1 atom stereocenters. The van der Waals surface area contributed by atoms with Gasteiger partial charge in [-0.25, -0.2) is 9.97 Å². The normalized spacial score (nSPS) is 12.7. The number of thiophene rings is 1. The molecule has 2 aromatic heterocycles. The molecule has 0 aliphatic carbocycles. The zero-order valence-electron chi connectivity index (χ0n) is 10.1. The average Bonchev–Trinajstić information content (AvgIpc) is 2.66. The lowest BCUT2D eigenvalue weighted by atomic mass is 10.2. The molecule has 0 saturated carbocycles. The molecule has 0 fully saturated rings. The first-order chi connectivity index (χ1) is 8.56. The van der Waals surface area contributed by atoms with Gasteiger partial charge in [-0.2, -0.15) is 0 Å². The molecule has 0 radical (unpaired) electrons. The minimum absolute atomic E-state index is 0.136. The van der Waals surface area contributed by atoms with Crippen LogP contribution in [-0.2, 0) is 6.54 Å². The molecule has 1 unspecified atom stereocenters. The summed E-state index contributed by atoms with van der Waals surface area (Å²) in [5.74, 6) is 0.776. The Bertz CT molecular complexity index is 542. The zero-order chi connectivity index (χ0) is 13.1. The summed E-state index contributed by atoms with van der Waals surface area (Å²) in [6.07, 6.45) is 1.76. The van der Waals surface area contributed by atoms with Crippen LogP contribution < -0.4 is 5.32 Å². The van der Waals surface area contributed by atoms with Crippen LogP contribution in [0.3, 0.4) is 0 Å². The quantitative estimate of drug-likeness (QED) is 0.927. The van der Waals surface area contributed by atoms with Crippen molar-refractivity contribution >= 4 is 34.5 Å². The van der Waals surface area contributed by atoms with Crippen molar-refractivity contribution in [2.75, 3.05) is 0 Å². The van der Waals surface area contributed by atoms with E-state index in [2.05, 4.69) is 22.2 Å². The van der Waals surface area contributed by atoms with Gasteiger partial charge in [-0.15, -0.1) is 11.3 Å². The lowest BCUT2D eigenvalue weighted by Gasteiger charge is -2.12. The first-order valence-corrected chi connectivity index (χ1v) is 7.10. The summed E-state index contributed by atoms with van der Waals surface area (Å²) in [6.45, 7) is 4.61. The third-order valence-corrected chi connectivity index (χ3v) is 4.09. The Kier molecular flexibility index (Phi) is 4.56. The van der Waals surface area contributed by atoms with Crippen molar-refractivity contribution in [3.05, 3.63) is 44.1 Å². The van der Waals surface area contributed by atoms with Gasteiger partial charge in [-0.3, -0.25) is 0 Å². The monoisotopic (exact) mass is 301 g/mol. The fourth-order valence-electron chi connectivity index (χ4n) is 1.62. The third kappa shape index (κ3) is 3.42.